The number of benzene rings is 1. The number of carbonyl (C=O) groups is 1. The van der Waals surface area contributed by atoms with Crippen molar-refractivity contribution in [3.63, 3.8) is 0 Å². The lowest BCUT2D eigenvalue weighted by Gasteiger charge is -2.12. The number of ether oxygens (including phenoxy) is 2. The zero-order valence-corrected chi connectivity index (χ0v) is 9.32. The molecule has 0 aliphatic heterocycles. The lowest BCUT2D eigenvalue weighted by molar-refractivity contribution is -0.131. The summed E-state index contributed by atoms with van der Waals surface area (Å²) in [5, 5.41) is 0. The van der Waals surface area contributed by atoms with Gasteiger partial charge >= 0.3 is 5.97 Å². The summed E-state index contributed by atoms with van der Waals surface area (Å²) >= 11 is 0. The van der Waals surface area contributed by atoms with Gasteiger partial charge in [0.1, 0.15) is 11.5 Å². The lowest BCUT2D eigenvalue weighted by Crippen LogP contribution is -2.09. The fraction of sp³-hybridized carbons (Fsp3) is 0.417. The van der Waals surface area contributed by atoms with E-state index in [4.69, 9.17) is 9.47 Å². The summed E-state index contributed by atoms with van der Waals surface area (Å²) in [4.78, 5) is 10.7. The van der Waals surface area contributed by atoms with Gasteiger partial charge in [-0.2, -0.15) is 0 Å². The molecule has 0 spiro atoms. The summed E-state index contributed by atoms with van der Waals surface area (Å²) in [6.07, 6.45) is 1.11. The maximum absolute atomic E-state index is 10.7. The molecule has 0 aromatic heterocycles. The predicted molar refractivity (Wildman–Crippen MR) is 58.1 cm³/mol. The average molecular weight is 208 g/mol. The molecule has 1 rings (SSSR count). The molecule has 82 valence electrons. The molecule has 3 nitrogen and oxygen atoms in total. The first-order chi connectivity index (χ1) is 7.11. The molecule has 15 heavy (non-hydrogen) atoms. The van der Waals surface area contributed by atoms with Crippen molar-refractivity contribution < 1.29 is 14.3 Å². The Bertz CT molecular complexity index is 333. The van der Waals surface area contributed by atoms with E-state index in [1.165, 1.54) is 6.92 Å². The van der Waals surface area contributed by atoms with Crippen molar-refractivity contribution in [3.05, 3.63) is 24.3 Å². The highest BCUT2D eigenvalue weighted by atomic mass is 16.5. The van der Waals surface area contributed by atoms with E-state index in [-0.39, 0.29) is 12.1 Å². The van der Waals surface area contributed by atoms with Crippen LogP contribution in [0.3, 0.4) is 0 Å². The predicted octanol–water partition coefficient (Wildman–Crippen LogP) is 2.79. The first kappa shape index (κ1) is 11.6. The van der Waals surface area contributed by atoms with Crippen molar-refractivity contribution in [2.75, 3.05) is 0 Å². The quantitative estimate of drug-likeness (QED) is 0.563. The molecule has 0 amide bonds. The van der Waals surface area contributed by atoms with Gasteiger partial charge in [-0.15, -0.1) is 0 Å². The van der Waals surface area contributed by atoms with Crippen LogP contribution in [0.4, 0.5) is 0 Å². The van der Waals surface area contributed by atoms with Crippen molar-refractivity contribution in [2.24, 2.45) is 0 Å². The summed E-state index contributed by atoms with van der Waals surface area (Å²) in [7, 11) is 0. The number of carbonyl (C=O) groups excluding carboxylic acids is 1. The molecule has 1 unspecified atom stereocenters. The van der Waals surface area contributed by atoms with E-state index in [9.17, 15) is 4.79 Å². The summed E-state index contributed by atoms with van der Waals surface area (Å²) in [5.74, 6) is 0.919. The minimum Gasteiger partial charge on any atom is -0.491 e. The topological polar surface area (TPSA) is 35.5 Å². The van der Waals surface area contributed by atoms with Crippen LogP contribution in [0.1, 0.15) is 27.2 Å². The molecule has 0 aliphatic rings. The summed E-state index contributed by atoms with van der Waals surface area (Å²) in [5.41, 5.74) is 0. The first-order valence-electron chi connectivity index (χ1n) is 5.07. The van der Waals surface area contributed by atoms with Crippen LogP contribution in [0.5, 0.6) is 11.5 Å². The van der Waals surface area contributed by atoms with Crippen molar-refractivity contribution >= 4 is 5.97 Å². The van der Waals surface area contributed by atoms with Gasteiger partial charge in [0.25, 0.3) is 0 Å². The van der Waals surface area contributed by atoms with E-state index >= 15 is 0 Å². The molecule has 0 aliphatic carbocycles. The molecule has 3 heteroatoms. The molecule has 0 fully saturated rings. The summed E-state index contributed by atoms with van der Waals surface area (Å²) in [6.45, 7) is 5.43. The Labute approximate surface area is 90.0 Å². The van der Waals surface area contributed by atoms with Crippen LogP contribution in [0.15, 0.2) is 24.3 Å². The second kappa shape index (κ2) is 5.39. The lowest BCUT2D eigenvalue weighted by atomic mass is 10.3. The fourth-order valence-corrected chi connectivity index (χ4v) is 1.09. The Morgan fingerprint density at radius 3 is 2.67 bits per heavy atom. The second-order valence-corrected chi connectivity index (χ2v) is 3.41. The summed E-state index contributed by atoms with van der Waals surface area (Å²) in [6, 6.07) is 7.09. The molecule has 0 N–H and O–H groups in total. The third-order valence-corrected chi connectivity index (χ3v) is 1.98. The molecule has 0 radical (unpaired) electrons. The molecule has 0 bridgehead atoms. The van der Waals surface area contributed by atoms with Crippen LogP contribution >= 0.6 is 0 Å². The Hall–Kier alpha value is -1.51. The van der Waals surface area contributed by atoms with Crippen LogP contribution < -0.4 is 9.47 Å². The van der Waals surface area contributed by atoms with Crippen molar-refractivity contribution in [1.29, 1.82) is 0 Å². The Morgan fingerprint density at radius 2 is 2.07 bits per heavy atom. The molecular formula is C12H16O3. The number of rotatable bonds is 4. The van der Waals surface area contributed by atoms with Gasteiger partial charge in [0.05, 0.1) is 6.10 Å². The Kier molecular flexibility index (Phi) is 4.16. The van der Waals surface area contributed by atoms with Gasteiger partial charge in [0.15, 0.2) is 0 Å². The van der Waals surface area contributed by atoms with Crippen molar-refractivity contribution in [2.45, 2.75) is 33.3 Å². The van der Waals surface area contributed by atoms with E-state index in [0.717, 1.165) is 12.2 Å². The van der Waals surface area contributed by atoms with E-state index in [1.807, 2.05) is 13.0 Å². The zero-order valence-electron chi connectivity index (χ0n) is 9.32. The maximum atomic E-state index is 10.7. The number of hydrogen-bond acceptors (Lipinski definition) is 3. The first-order valence-corrected chi connectivity index (χ1v) is 5.07. The van der Waals surface area contributed by atoms with E-state index in [0.29, 0.717) is 5.75 Å². The van der Waals surface area contributed by atoms with Gasteiger partial charge in [-0.3, -0.25) is 4.79 Å². The number of esters is 1. The van der Waals surface area contributed by atoms with Gasteiger partial charge in [0, 0.05) is 13.0 Å². The Balaban J connectivity index is 2.69. The SMILES string of the molecule is CCC(C)Oc1cccc(OC(C)=O)c1. The third kappa shape index (κ3) is 4.02. The van der Waals surface area contributed by atoms with Crippen LogP contribution in [0.25, 0.3) is 0 Å². The maximum Gasteiger partial charge on any atom is 0.308 e. The Morgan fingerprint density at radius 1 is 1.40 bits per heavy atom. The van der Waals surface area contributed by atoms with Crippen LogP contribution in [-0.2, 0) is 4.79 Å². The third-order valence-electron chi connectivity index (χ3n) is 1.98. The summed E-state index contributed by atoms with van der Waals surface area (Å²) < 4.78 is 10.5. The van der Waals surface area contributed by atoms with Crippen LogP contribution in [0, 0.1) is 0 Å². The van der Waals surface area contributed by atoms with E-state index in [2.05, 4.69) is 6.92 Å². The molecule has 1 atom stereocenters. The molecule has 1 aromatic carbocycles. The van der Waals surface area contributed by atoms with Crippen LogP contribution in [-0.4, -0.2) is 12.1 Å². The zero-order chi connectivity index (χ0) is 11.3. The van der Waals surface area contributed by atoms with Crippen molar-refractivity contribution in [1.82, 2.24) is 0 Å². The van der Waals surface area contributed by atoms with Gasteiger partial charge in [-0.05, 0) is 25.5 Å². The molecule has 0 heterocycles. The van der Waals surface area contributed by atoms with Gasteiger partial charge in [-0.25, -0.2) is 0 Å². The van der Waals surface area contributed by atoms with E-state index < -0.39 is 0 Å². The second-order valence-electron chi connectivity index (χ2n) is 3.41. The van der Waals surface area contributed by atoms with Gasteiger partial charge in [0.2, 0.25) is 0 Å². The standard InChI is InChI=1S/C12H16O3/c1-4-9(2)14-11-6-5-7-12(8-11)15-10(3)13/h5-9H,4H2,1-3H3. The van der Waals surface area contributed by atoms with E-state index in [1.54, 1.807) is 18.2 Å². The monoisotopic (exact) mass is 208 g/mol. The van der Waals surface area contributed by atoms with Crippen LogP contribution in [0.2, 0.25) is 0 Å². The highest BCUT2D eigenvalue weighted by Gasteiger charge is 2.03. The molecule has 1 aromatic rings. The van der Waals surface area contributed by atoms with Gasteiger partial charge < -0.3 is 9.47 Å². The molecule has 0 saturated carbocycles. The minimum atomic E-state index is -0.323. The number of hydrogen-bond donors (Lipinski definition) is 0. The average Bonchev–Trinajstić information content (AvgIpc) is 2.17. The normalized spacial score (nSPS) is 11.9. The largest absolute Gasteiger partial charge is 0.491 e. The highest BCUT2D eigenvalue weighted by molar-refractivity contribution is 5.69. The molecule has 0 saturated heterocycles. The highest BCUT2D eigenvalue weighted by Crippen LogP contribution is 2.20. The van der Waals surface area contributed by atoms with Gasteiger partial charge in [-0.1, -0.05) is 13.0 Å². The molecular weight excluding hydrogens is 192 g/mol. The fourth-order valence-electron chi connectivity index (χ4n) is 1.09. The minimum absolute atomic E-state index is 0.164. The van der Waals surface area contributed by atoms with Crippen molar-refractivity contribution in [3.8, 4) is 11.5 Å². The smallest absolute Gasteiger partial charge is 0.308 e.